The average Bonchev–Trinajstić information content (AvgIpc) is 3.60. The van der Waals surface area contributed by atoms with Crippen molar-refractivity contribution in [1.82, 2.24) is 35.4 Å². The van der Waals surface area contributed by atoms with Gasteiger partial charge in [-0.15, -0.1) is 10.2 Å². The molecule has 0 unspecified atom stereocenters. The number of nitrogens with zero attached hydrogens (tertiary/aromatic N) is 5. The number of carbonyl (C=O) groups excluding carboxylic acids is 2. The highest BCUT2D eigenvalue weighted by molar-refractivity contribution is 6.30. The van der Waals surface area contributed by atoms with E-state index in [2.05, 4.69) is 30.9 Å². The molecule has 0 aliphatic heterocycles. The Hall–Kier alpha value is -4.14. The molecule has 1 aliphatic rings. The fraction of sp³-hybridized carbons (Fsp3) is 0.360. The van der Waals surface area contributed by atoms with Gasteiger partial charge in [0.05, 0.1) is 11.2 Å². The first-order chi connectivity index (χ1) is 19.5. The summed E-state index contributed by atoms with van der Waals surface area (Å²) in [6, 6.07) is 5.10. The maximum absolute atomic E-state index is 14.3. The van der Waals surface area contributed by atoms with Crippen LogP contribution in [0, 0.1) is 17.6 Å². The fourth-order valence-electron chi connectivity index (χ4n) is 4.59. The van der Waals surface area contributed by atoms with Crippen molar-refractivity contribution in [3.63, 3.8) is 0 Å². The van der Waals surface area contributed by atoms with Crippen LogP contribution in [0.5, 0.6) is 0 Å². The number of alkyl halides is 3. The Balaban J connectivity index is 1.22. The summed E-state index contributed by atoms with van der Waals surface area (Å²) in [5.74, 6) is -4.54. The minimum Gasteiger partial charge on any atom is -0.417 e. The summed E-state index contributed by atoms with van der Waals surface area (Å²) in [5.41, 5.74) is -0.193. The van der Waals surface area contributed by atoms with E-state index < -0.39 is 35.5 Å². The van der Waals surface area contributed by atoms with Crippen LogP contribution >= 0.6 is 11.6 Å². The Kier molecular flexibility index (Phi) is 7.89. The fourth-order valence-corrected chi connectivity index (χ4v) is 4.79. The van der Waals surface area contributed by atoms with Crippen LogP contribution in [0.1, 0.15) is 69.9 Å². The lowest BCUT2D eigenvalue weighted by molar-refractivity contribution is -0.157. The monoisotopic (exact) mass is 597 g/mol. The zero-order valence-corrected chi connectivity index (χ0v) is 21.8. The van der Waals surface area contributed by atoms with Crippen LogP contribution in [0.4, 0.5) is 22.0 Å². The van der Waals surface area contributed by atoms with Crippen molar-refractivity contribution in [2.45, 2.75) is 44.3 Å². The Morgan fingerprint density at radius 3 is 2.46 bits per heavy atom. The number of halogens is 6. The Bertz CT molecular complexity index is 1600. The van der Waals surface area contributed by atoms with Gasteiger partial charge in [0.2, 0.25) is 5.89 Å². The molecule has 1 aliphatic carbocycles. The van der Waals surface area contributed by atoms with Crippen molar-refractivity contribution < 1.29 is 36.0 Å². The summed E-state index contributed by atoms with van der Waals surface area (Å²) < 4.78 is 71.7. The van der Waals surface area contributed by atoms with Crippen molar-refractivity contribution in [2.24, 2.45) is 5.92 Å². The quantitative estimate of drug-likeness (QED) is 0.296. The third-order valence-electron chi connectivity index (χ3n) is 6.76. The van der Waals surface area contributed by atoms with Crippen LogP contribution < -0.4 is 10.6 Å². The topological polar surface area (TPSA) is 127 Å². The Morgan fingerprint density at radius 1 is 1.02 bits per heavy atom. The number of rotatable bonds is 7. The number of amides is 2. The molecule has 216 valence electrons. The highest BCUT2D eigenvalue weighted by Crippen LogP contribution is 2.37. The highest BCUT2D eigenvalue weighted by atomic mass is 35.5. The lowest BCUT2D eigenvalue weighted by Gasteiger charge is -2.26. The summed E-state index contributed by atoms with van der Waals surface area (Å²) in [7, 11) is 0. The lowest BCUT2D eigenvalue weighted by atomic mass is 9.82. The van der Waals surface area contributed by atoms with E-state index in [4.69, 9.17) is 16.0 Å². The molecule has 0 atom stereocenters. The first kappa shape index (κ1) is 28.4. The van der Waals surface area contributed by atoms with E-state index in [-0.39, 0.29) is 52.9 Å². The van der Waals surface area contributed by atoms with E-state index in [0.29, 0.717) is 31.2 Å². The maximum Gasteiger partial charge on any atom is 0.470 e. The molecule has 16 heteroatoms. The highest BCUT2D eigenvalue weighted by Gasteiger charge is 2.39. The van der Waals surface area contributed by atoms with Gasteiger partial charge in [-0.2, -0.15) is 18.3 Å². The number of benzene rings is 1. The second kappa shape index (κ2) is 11.4. The predicted octanol–water partition coefficient (Wildman–Crippen LogP) is 4.70. The van der Waals surface area contributed by atoms with Crippen LogP contribution in [0.15, 0.2) is 34.9 Å². The van der Waals surface area contributed by atoms with Crippen molar-refractivity contribution in [2.75, 3.05) is 6.54 Å². The zero-order chi connectivity index (χ0) is 29.3. The minimum atomic E-state index is -4.71. The molecular formula is C25H21ClF5N7O3. The smallest absolute Gasteiger partial charge is 0.417 e. The molecule has 0 saturated heterocycles. The van der Waals surface area contributed by atoms with E-state index in [0.717, 1.165) is 16.8 Å². The molecule has 3 heterocycles. The van der Waals surface area contributed by atoms with Crippen molar-refractivity contribution in [1.29, 1.82) is 0 Å². The normalized spacial score (nSPS) is 17.5. The molecule has 2 amide bonds. The number of nitrogens with one attached hydrogen (secondary N) is 2. The molecule has 1 fully saturated rings. The van der Waals surface area contributed by atoms with Crippen LogP contribution in [0.3, 0.4) is 0 Å². The third-order valence-corrected chi connectivity index (χ3v) is 7.05. The molecule has 41 heavy (non-hydrogen) atoms. The van der Waals surface area contributed by atoms with Gasteiger partial charge in [-0.1, -0.05) is 17.7 Å². The first-order valence-electron chi connectivity index (χ1n) is 12.4. The molecule has 10 nitrogen and oxygen atoms in total. The third kappa shape index (κ3) is 6.29. The van der Waals surface area contributed by atoms with Crippen molar-refractivity contribution >= 4 is 29.1 Å². The van der Waals surface area contributed by atoms with E-state index in [1.807, 2.05) is 0 Å². The van der Waals surface area contributed by atoms with Crippen LogP contribution in [0.25, 0.3) is 5.65 Å². The first-order valence-corrected chi connectivity index (χ1v) is 12.8. The second-order valence-electron chi connectivity index (χ2n) is 9.56. The summed E-state index contributed by atoms with van der Waals surface area (Å²) in [6.07, 6.45) is -1.69. The van der Waals surface area contributed by atoms with E-state index >= 15 is 0 Å². The Morgan fingerprint density at radius 2 is 1.78 bits per heavy atom. The second-order valence-corrected chi connectivity index (χ2v) is 9.96. The number of hydrogen-bond donors (Lipinski definition) is 2. The van der Waals surface area contributed by atoms with Gasteiger partial charge in [0.15, 0.2) is 11.5 Å². The standard InChI is InChI=1S/C25H21ClF5N7O3/c26-15-7-13(3-6-16(15)27)10-32-21(39)18-8-19(38-20(35-18)17(28)11-34-38)22(40)33-9-12-1-4-14(5-2-12)23-36-37-24(41-23)25(29,30)31/h3,6-8,11-12,14H,1-2,4-5,9-10H2,(H,32,39)(H,33,40). The van der Waals surface area contributed by atoms with Gasteiger partial charge in [-0.25, -0.2) is 18.3 Å². The van der Waals surface area contributed by atoms with E-state index in [1.165, 1.54) is 18.2 Å². The minimum absolute atomic E-state index is 0.0113. The van der Waals surface area contributed by atoms with Gasteiger partial charge in [0.25, 0.3) is 11.8 Å². The molecule has 4 aromatic rings. The van der Waals surface area contributed by atoms with E-state index in [9.17, 15) is 31.5 Å². The van der Waals surface area contributed by atoms with Crippen LogP contribution in [-0.4, -0.2) is 43.2 Å². The molecule has 0 bridgehead atoms. The van der Waals surface area contributed by atoms with E-state index in [1.54, 1.807) is 0 Å². The molecule has 0 spiro atoms. The summed E-state index contributed by atoms with van der Waals surface area (Å²) >= 11 is 5.77. The molecule has 0 radical (unpaired) electrons. The van der Waals surface area contributed by atoms with Gasteiger partial charge in [0.1, 0.15) is 17.2 Å². The largest absolute Gasteiger partial charge is 0.470 e. The van der Waals surface area contributed by atoms with Crippen molar-refractivity contribution in [3.8, 4) is 0 Å². The summed E-state index contributed by atoms with van der Waals surface area (Å²) in [4.78, 5) is 29.8. The zero-order valence-electron chi connectivity index (χ0n) is 21.0. The van der Waals surface area contributed by atoms with Crippen LogP contribution in [0.2, 0.25) is 5.02 Å². The summed E-state index contributed by atoms with van der Waals surface area (Å²) in [6.45, 7) is 0.197. The van der Waals surface area contributed by atoms with Crippen LogP contribution in [-0.2, 0) is 12.7 Å². The molecular weight excluding hydrogens is 577 g/mol. The van der Waals surface area contributed by atoms with Crippen molar-refractivity contribution in [3.05, 3.63) is 75.9 Å². The molecule has 5 rings (SSSR count). The molecule has 3 aromatic heterocycles. The van der Waals surface area contributed by atoms with Gasteiger partial charge in [-0.05, 0) is 49.3 Å². The lowest BCUT2D eigenvalue weighted by Crippen LogP contribution is -2.33. The van der Waals surface area contributed by atoms with Gasteiger partial charge >= 0.3 is 12.1 Å². The Labute approximate surface area is 233 Å². The van der Waals surface area contributed by atoms with Gasteiger partial charge in [-0.3, -0.25) is 9.59 Å². The maximum atomic E-state index is 14.3. The molecule has 1 aromatic carbocycles. The SMILES string of the molecule is O=C(NCc1ccc(F)c(Cl)c1)c1cc(C(=O)NCC2CCC(c3nnc(C(F)(F)F)o3)CC2)n2ncc(F)c2n1. The molecule has 1 saturated carbocycles. The number of fused-ring (bicyclic) bond motifs is 1. The summed E-state index contributed by atoms with van der Waals surface area (Å²) in [5, 5.41) is 15.6. The molecule has 2 N–H and O–H groups in total. The van der Waals surface area contributed by atoms with Gasteiger partial charge in [0, 0.05) is 25.1 Å². The average molecular weight is 598 g/mol. The number of aromatic nitrogens is 5. The predicted molar refractivity (Wildman–Crippen MR) is 132 cm³/mol. The number of carbonyl (C=O) groups is 2. The van der Waals surface area contributed by atoms with Gasteiger partial charge < -0.3 is 15.1 Å². The number of hydrogen-bond acceptors (Lipinski definition) is 7.